The van der Waals surface area contributed by atoms with Gasteiger partial charge in [-0.15, -0.1) is 0 Å². The van der Waals surface area contributed by atoms with Crippen LogP contribution in [-0.2, 0) is 29.2 Å². The first-order chi connectivity index (χ1) is 18.3. The van der Waals surface area contributed by atoms with Crippen molar-refractivity contribution in [3.63, 3.8) is 0 Å². The van der Waals surface area contributed by atoms with Crippen molar-refractivity contribution in [1.82, 2.24) is 9.80 Å². The molecule has 0 saturated heterocycles. The molecule has 0 saturated carbocycles. The van der Waals surface area contributed by atoms with E-state index >= 15 is 0 Å². The Bertz CT molecular complexity index is 755. The van der Waals surface area contributed by atoms with Crippen LogP contribution in [0.4, 0.5) is 0 Å². The van der Waals surface area contributed by atoms with Crippen LogP contribution >= 0.6 is 0 Å². The summed E-state index contributed by atoms with van der Waals surface area (Å²) in [6, 6.07) is 0. The molecule has 0 heterocycles. The summed E-state index contributed by atoms with van der Waals surface area (Å²) in [6.45, 7) is 21.9. The monoisotopic (exact) mass is 622 g/mol. The summed E-state index contributed by atoms with van der Waals surface area (Å²) in [5.74, 6) is 0. The molecule has 0 spiro atoms. The van der Waals surface area contributed by atoms with Crippen molar-refractivity contribution in [2.75, 3.05) is 108 Å². The van der Waals surface area contributed by atoms with Crippen molar-refractivity contribution < 1.29 is 43.3 Å². The van der Waals surface area contributed by atoms with Gasteiger partial charge in [-0.25, -0.2) is 16.8 Å². The zero-order chi connectivity index (χ0) is 31.9. The summed E-state index contributed by atoms with van der Waals surface area (Å²) in [5, 5.41) is 0. The molecule has 0 fully saturated rings. The molecule has 246 valence electrons. The smallest absolute Gasteiger partial charge is 0.217 e. The number of nitrogens with zero attached hydrogens (tertiary/aromatic N) is 4. The fourth-order valence-corrected chi connectivity index (χ4v) is 3.86. The fraction of sp³-hybridized carbons (Fsp3) is 1.00. The highest BCUT2D eigenvalue weighted by atomic mass is 32.3. The zero-order valence-electron chi connectivity index (χ0n) is 27.2. The minimum absolute atomic E-state index is 0.808. The second-order valence-electron chi connectivity index (χ2n) is 11.1. The van der Waals surface area contributed by atoms with Gasteiger partial charge in [0.2, 0.25) is 20.8 Å². The number of unbranched alkanes of at least 4 members (excludes halogenated alkanes) is 3. The summed E-state index contributed by atoms with van der Waals surface area (Å²) >= 11 is 0. The Hall–Kier alpha value is -0.420. The number of quaternary nitrogens is 2. The van der Waals surface area contributed by atoms with Gasteiger partial charge in [0.25, 0.3) is 0 Å². The molecule has 0 aliphatic heterocycles. The molecule has 0 radical (unpaired) electrons. The van der Waals surface area contributed by atoms with E-state index in [-0.39, 0.29) is 0 Å². The van der Waals surface area contributed by atoms with Crippen molar-refractivity contribution in [2.45, 2.75) is 66.2 Å². The Balaban J connectivity index is -0.000000941. The molecule has 0 aromatic rings. The molecule has 40 heavy (non-hydrogen) atoms. The Morgan fingerprint density at radius 2 is 0.875 bits per heavy atom. The quantitative estimate of drug-likeness (QED) is 0.0811. The summed E-state index contributed by atoms with van der Waals surface area (Å²) in [6.07, 6.45) is 8.18. The zero-order valence-corrected chi connectivity index (χ0v) is 28.8. The van der Waals surface area contributed by atoms with E-state index in [1.807, 2.05) is 0 Å². The van der Waals surface area contributed by atoms with Crippen LogP contribution < -0.4 is 0 Å². The second-order valence-corrected chi connectivity index (χ2v) is 13.4. The molecule has 0 atom stereocenters. The lowest BCUT2D eigenvalue weighted by molar-refractivity contribution is -0.906. The number of hydrogen-bond donors (Lipinski definition) is 0. The molecule has 0 rings (SSSR count). The molecule has 0 aromatic heterocycles. The van der Waals surface area contributed by atoms with Gasteiger partial charge in [0.1, 0.15) is 0 Å². The topological polar surface area (TPSA) is 139 Å². The highest BCUT2D eigenvalue weighted by molar-refractivity contribution is 7.81. The predicted molar refractivity (Wildman–Crippen MR) is 160 cm³/mol. The normalized spacial score (nSPS) is 12.7. The molecule has 12 nitrogen and oxygen atoms in total. The van der Waals surface area contributed by atoms with Crippen molar-refractivity contribution in [1.29, 1.82) is 0 Å². The van der Waals surface area contributed by atoms with Crippen LogP contribution in [0.3, 0.4) is 0 Å². The average Bonchev–Trinajstić information content (AvgIpc) is 2.87. The van der Waals surface area contributed by atoms with E-state index in [2.05, 4.69) is 74.1 Å². The summed E-state index contributed by atoms with van der Waals surface area (Å²) in [4.78, 5) is 5.31. The molecule has 0 bridgehead atoms. The average molecular weight is 623 g/mol. The highest BCUT2D eigenvalue weighted by Crippen LogP contribution is 2.07. The van der Waals surface area contributed by atoms with Gasteiger partial charge in [-0.3, -0.25) is 8.37 Å². The van der Waals surface area contributed by atoms with E-state index in [1.54, 1.807) is 0 Å². The predicted octanol–water partition coefficient (Wildman–Crippen LogP) is 2.35. The Morgan fingerprint density at radius 1 is 0.575 bits per heavy atom. The lowest BCUT2D eigenvalue weighted by Crippen LogP contribution is -2.45. The molecule has 0 unspecified atom stereocenters. The molecular weight excluding hydrogens is 560 g/mol. The third-order valence-electron chi connectivity index (χ3n) is 7.00. The molecule has 0 N–H and O–H groups in total. The van der Waals surface area contributed by atoms with Gasteiger partial charge < -0.3 is 27.9 Å². The molecule has 0 aliphatic carbocycles. The van der Waals surface area contributed by atoms with Crippen LogP contribution in [0.25, 0.3) is 0 Å². The Morgan fingerprint density at radius 3 is 1.12 bits per heavy atom. The standard InChI is InChI=1S/C24H56N4.2CH4O4S/c1-9-25(21-17-23-27(5,6)7)19-15-13-14-16-20-26(10-2)22-18-24-28(8,11-3)12-4;2*1-5-6(2,3)4/h9-24H2,1-8H3;2*1H3,(H,2,3,4)/q+2;;/p-2. The molecule has 14 heteroatoms. The van der Waals surface area contributed by atoms with E-state index in [0.29, 0.717) is 0 Å². The molecule has 0 aromatic carbocycles. The van der Waals surface area contributed by atoms with E-state index in [0.717, 1.165) is 18.7 Å². The first-order valence-corrected chi connectivity index (χ1v) is 17.1. The van der Waals surface area contributed by atoms with Crippen LogP contribution in [0.15, 0.2) is 0 Å². The van der Waals surface area contributed by atoms with E-state index in [9.17, 15) is 25.9 Å². The van der Waals surface area contributed by atoms with Gasteiger partial charge in [-0.2, -0.15) is 0 Å². The minimum Gasteiger partial charge on any atom is -0.726 e. The van der Waals surface area contributed by atoms with E-state index < -0.39 is 20.8 Å². The Kier molecular flexibility index (Phi) is 26.5. The van der Waals surface area contributed by atoms with Gasteiger partial charge in [0.15, 0.2) is 0 Å². The SMILES string of the molecule is CCN(CCCCCCN(CC)CCC[N+](C)(CC)CC)CCC[N+](C)(C)C.COS(=O)(=O)[O-].COS(=O)(=O)[O-]. The van der Waals surface area contributed by atoms with Crippen LogP contribution in [0.2, 0.25) is 0 Å². The highest BCUT2D eigenvalue weighted by Gasteiger charge is 2.16. The van der Waals surface area contributed by atoms with Crippen LogP contribution in [0.5, 0.6) is 0 Å². The summed E-state index contributed by atoms with van der Waals surface area (Å²) in [5.41, 5.74) is 0. The van der Waals surface area contributed by atoms with Crippen LogP contribution in [0, 0.1) is 0 Å². The third kappa shape index (κ3) is 33.8. The maximum atomic E-state index is 9.22. The van der Waals surface area contributed by atoms with E-state index in [1.165, 1.54) is 108 Å². The maximum absolute atomic E-state index is 9.22. The first-order valence-electron chi connectivity index (χ1n) is 14.4. The van der Waals surface area contributed by atoms with Crippen molar-refractivity contribution in [3.8, 4) is 0 Å². The largest absolute Gasteiger partial charge is 0.726 e. The third-order valence-corrected chi connectivity index (χ3v) is 7.82. The summed E-state index contributed by atoms with van der Waals surface area (Å²) in [7, 11) is 2.07. The van der Waals surface area contributed by atoms with Gasteiger partial charge in [0, 0.05) is 25.9 Å². The van der Waals surface area contributed by atoms with Gasteiger partial charge >= 0.3 is 0 Å². The van der Waals surface area contributed by atoms with Gasteiger partial charge in [-0.1, -0.05) is 26.7 Å². The molecule has 0 aliphatic rings. The van der Waals surface area contributed by atoms with E-state index in [4.69, 9.17) is 0 Å². The van der Waals surface area contributed by atoms with Gasteiger partial charge in [0.05, 0.1) is 68.6 Å². The second kappa shape index (κ2) is 24.1. The van der Waals surface area contributed by atoms with Crippen molar-refractivity contribution in [3.05, 3.63) is 0 Å². The molecule has 0 amide bonds. The first kappa shape index (κ1) is 44.0. The number of hydrogen-bond acceptors (Lipinski definition) is 10. The van der Waals surface area contributed by atoms with Crippen LogP contribution in [-0.4, -0.2) is 153 Å². The number of rotatable bonds is 21. The summed E-state index contributed by atoms with van der Waals surface area (Å²) < 4.78 is 64.3. The van der Waals surface area contributed by atoms with Crippen molar-refractivity contribution in [2.24, 2.45) is 0 Å². The van der Waals surface area contributed by atoms with Gasteiger partial charge in [-0.05, 0) is 52.9 Å². The maximum Gasteiger partial charge on any atom is 0.217 e. The van der Waals surface area contributed by atoms with Crippen LogP contribution in [0.1, 0.15) is 66.2 Å². The molecular formula is C26H62N4O8S2. The van der Waals surface area contributed by atoms with Crippen molar-refractivity contribution >= 4 is 20.8 Å². The Labute approximate surface area is 247 Å². The fourth-order valence-electron chi connectivity index (χ4n) is 3.86. The lowest BCUT2D eigenvalue weighted by Gasteiger charge is -2.33. The minimum atomic E-state index is -4.41. The lowest BCUT2D eigenvalue weighted by atomic mass is 10.1.